The minimum Gasteiger partial charge on any atom is -0.493 e. The SMILES string of the molecule is CCCNC(=O)OCC1(c2nc3c(OC)ccc(-c4cccc5c4CCC5=O)n3n2)CC1. The Kier molecular flexibility index (Phi) is 5.07. The molecule has 3 aromatic rings. The number of methoxy groups -OCH3 is 1. The van der Waals surface area contributed by atoms with E-state index in [2.05, 4.69) is 5.32 Å². The van der Waals surface area contributed by atoms with Gasteiger partial charge in [-0.2, -0.15) is 0 Å². The molecule has 0 bridgehead atoms. The zero-order chi connectivity index (χ0) is 22.3. The van der Waals surface area contributed by atoms with E-state index in [1.165, 1.54) is 0 Å². The molecule has 0 radical (unpaired) electrons. The molecule has 8 heteroatoms. The number of ether oxygens (including phenoxy) is 2. The Bertz CT molecular complexity index is 1210. The Morgan fingerprint density at radius 1 is 1.19 bits per heavy atom. The number of alkyl carbamates (subject to hydrolysis) is 1. The van der Waals surface area contributed by atoms with Gasteiger partial charge in [-0.3, -0.25) is 4.79 Å². The van der Waals surface area contributed by atoms with Crippen molar-refractivity contribution in [2.45, 2.75) is 44.4 Å². The number of hydrogen-bond acceptors (Lipinski definition) is 6. The molecule has 0 unspecified atom stereocenters. The lowest BCUT2D eigenvalue weighted by Crippen LogP contribution is -2.29. The summed E-state index contributed by atoms with van der Waals surface area (Å²) in [6, 6.07) is 9.66. The fraction of sp³-hybridized carbons (Fsp3) is 0.417. The summed E-state index contributed by atoms with van der Waals surface area (Å²) in [6.07, 6.45) is 3.42. The predicted molar refractivity (Wildman–Crippen MR) is 118 cm³/mol. The molecule has 1 N–H and O–H groups in total. The van der Waals surface area contributed by atoms with Gasteiger partial charge in [-0.1, -0.05) is 25.1 Å². The van der Waals surface area contributed by atoms with Crippen LogP contribution >= 0.6 is 0 Å². The van der Waals surface area contributed by atoms with Crippen LogP contribution in [0.1, 0.15) is 54.4 Å². The molecule has 2 aliphatic carbocycles. The molecule has 2 aliphatic rings. The van der Waals surface area contributed by atoms with Crippen molar-refractivity contribution < 1.29 is 19.1 Å². The number of amides is 1. The van der Waals surface area contributed by atoms with E-state index >= 15 is 0 Å². The maximum absolute atomic E-state index is 12.2. The van der Waals surface area contributed by atoms with Gasteiger partial charge in [-0.15, -0.1) is 5.10 Å². The number of fused-ring (bicyclic) bond motifs is 2. The van der Waals surface area contributed by atoms with Crippen LogP contribution in [0.2, 0.25) is 0 Å². The van der Waals surface area contributed by atoms with Crippen molar-refractivity contribution in [3.63, 3.8) is 0 Å². The minimum absolute atomic E-state index is 0.182. The summed E-state index contributed by atoms with van der Waals surface area (Å²) in [5, 5.41) is 7.58. The highest BCUT2D eigenvalue weighted by Crippen LogP contribution is 2.47. The van der Waals surface area contributed by atoms with Crippen molar-refractivity contribution in [2.75, 3.05) is 20.3 Å². The molecule has 0 saturated heterocycles. The number of carbonyl (C=O) groups excluding carboxylic acids is 2. The quantitative estimate of drug-likeness (QED) is 0.609. The van der Waals surface area contributed by atoms with Gasteiger partial charge in [-0.05, 0) is 43.4 Å². The van der Waals surface area contributed by atoms with Gasteiger partial charge in [0.15, 0.2) is 23.0 Å². The summed E-state index contributed by atoms with van der Waals surface area (Å²) < 4.78 is 12.8. The fourth-order valence-corrected chi connectivity index (χ4v) is 4.32. The molecule has 0 aliphatic heterocycles. The molecule has 0 spiro atoms. The van der Waals surface area contributed by atoms with Crippen LogP contribution in [0.15, 0.2) is 30.3 Å². The van der Waals surface area contributed by atoms with Crippen LogP contribution in [0.5, 0.6) is 5.75 Å². The van der Waals surface area contributed by atoms with Gasteiger partial charge in [-0.25, -0.2) is 14.3 Å². The first-order valence-electron chi connectivity index (χ1n) is 11.1. The van der Waals surface area contributed by atoms with Gasteiger partial charge in [0, 0.05) is 24.1 Å². The molecule has 2 heterocycles. The summed E-state index contributed by atoms with van der Waals surface area (Å²) in [5.41, 5.74) is 3.94. The molecule has 1 amide bonds. The number of Topliss-reactive ketones (excluding diaryl/α,β-unsaturated/α-hetero) is 1. The van der Waals surface area contributed by atoms with Crippen molar-refractivity contribution in [2.24, 2.45) is 0 Å². The third-order valence-corrected chi connectivity index (χ3v) is 6.35. The lowest BCUT2D eigenvalue weighted by molar-refractivity contribution is 0.0994. The summed E-state index contributed by atoms with van der Waals surface area (Å²) in [5.74, 6) is 1.45. The standard InChI is InChI=1S/C24H26N4O4/c1-3-13-25-23(30)32-14-24(11-12-24)22-26-21-20(31-2)10-8-18(28(21)27-22)16-5-4-6-17-15(16)7-9-19(17)29/h4-6,8,10H,3,7,9,11-14H2,1-2H3,(H,25,30). The number of aromatic nitrogens is 3. The Morgan fingerprint density at radius 3 is 2.75 bits per heavy atom. The summed E-state index contributed by atoms with van der Waals surface area (Å²) >= 11 is 0. The third-order valence-electron chi connectivity index (χ3n) is 6.35. The van der Waals surface area contributed by atoms with Crippen molar-refractivity contribution >= 4 is 17.5 Å². The Balaban J connectivity index is 1.53. The molecule has 0 atom stereocenters. The first-order valence-corrected chi connectivity index (χ1v) is 11.1. The van der Waals surface area contributed by atoms with Crippen LogP contribution in [0.4, 0.5) is 4.79 Å². The number of nitrogens with one attached hydrogen (secondary N) is 1. The monoisotopic (exact) mass is 434 g/mol. The number of ketones is 1. The lowest BCUT2D eigenvalue weighted by Gasteiger charge is -2.12. The number of benzene rings is 1. The zero-order valence-corrected chi connectivity index (χ0v) is 18.3. The molecule has 32 heavy (non-hydrogen) atoms. The Hall–Kier alpha value is -3.42. The van der Waals surface area contributed by atoms with E-state index in [1.54, 1.807) is 11.6 Å². The smallest absolute Gasteiger partial charge is 0.407 e. The minimum atomic E-state index is -0.412. The topological polar surface area (TPSA) is 94.8 Å². The van der Waals surface area contributed by atoms with E-state index in [-0.39, 0.29) is 17.8 Å². The number of hydrogen-bond donors (Lipinski definition) is 1. The van der Waals surface area contributed by atoms with E-state index in [0.717, 1.165) is 48.1 Å². The summed E-state index contributed by atoms with van der Waals surface area (Å²) in [6.45, 7) is 2.82. The van der Waals surface area contributed by atoms with Gasteiger partial charge in [0.2, 0.25) is 0 Å². The predicted octanol–water partition coefficient (Wildman–Crippen LogP) is 3.70. The second-order valence-electron chi connectivity index (χ2n) is 8.50. The highest BCUT2D eigenvalue weighted by atomic mass is 16.5. The largest absolute Gasteiger partial charge is 0.493 e. The molecule has 1 aromatic carbocycles. The summed E-state index contributed by atoms with van der Waals surface area (Å²) in [7, 11) is 1.61. The van der Waals surface area contributed by atoms with Crippen LogP contribution in [0.3, 0.4) is 0 Å². The number of pyridine rings is 1. The molecule has 2 aromatic heterocycles. The van der Waals surface area contributed by atoms with Gasteiger partial charge in [0.1, 0.15) is 6.61 Å². The number of nitrogens with zero attached hydrogens (tertiary/aromatic N) is 3. The Morgan fingerprint density at radius 2 is 2.00 bits per heavy atom. The van der Waals surface area contributed by atoms with E-state index in [4.69, 9.17) is 19.6 Å². The molecule has 166 valence electrons. The normalized spacial score (nSPS) is 16.1. The van der Waals surface area contributed by atoms with E-state index in [0.29, 0.717) is 30.2 Å². The second-order valence-corrected chi connectivity index (χ2v) is 8.50. The van der Waals surface area contributed by atoms with Crippen molar-refractivity contribution in [3.8, 4) is 17.0 Å². The van der Waals surface area contributed by atoms with E-state index in [1.807, 2.05) is 37.3 Å². The average Bonchev–Trinajstić information content (AvgIpc) is 3.31. The zero-order valence-electron chi connectivity index (χ0n) is 18.3. The van der Waals surface area contributed by atoms with Gasteiger partial charge in [0.05, 0.1) is 18.2 Å². The fourth-order valence-electron chi connectivity index (χ4n) is 4.32. The highest BCUT2D eigenvalue weighted by molar-refractivity contribution is 6.02. The van der Waals surface area contributed by atoms with Crippen LogP contribution < -0.4 is 10.1 Å². The van der Waals surface area contributed by atoms with Gasteiger partial charge in [0.25, 0.3) is 0 Å². The average molecular weight is 434 g/mol. The molecule has 8 nitrogen and oxygen atoms in total. The van der Waals surface area contributed by atoms with Crippen molar-refractivity contribution in [3.05, 3.63) is 47.3 Å². The van der Waals surface area contributed by atoms with Gasteiger partial charge < -0.3 is 14.8 Å². The lowest BCUT2D eigenvalue weighted by atomic mass is 10.00. The summed E-state index contributed by atoms with van der Waals surface area (Å²) in [4.78, 5) is 29.0. The maximum Gasteiger partial charge on any atom is 0.407 e. The molecular formula is C24H26N4O4. The van der Waals surface area contributed by atoms with E-state index < -0.39 is 6.09 Å². The number of carbonyl (C=O) groups is 2. The molecule has 5 rings (SSSR count). The first-order chi connectivity index (χ1) is 15.6. The van der Waals surface area contributed by atoms with E-state index in [9.17, 15) is 9.59 Å². The van der Waals surface area contributed by atoms with Crippen LogP contribution in [0, 0.1) is 0 Å². The van der Waals surface area contributed by atoms with Gasteiger partial charge >= 0.3 is 6.09 Å². The molecular weight excluding hydrogens is 408 g/mol. The Labute approximate surface area is 185 Å². The molecule has 1 saturated carbocycles. The van der Waals surface area contributed by atoms with Crippen LogP contribution in [-0.2, 0) is 16.6 Å². The second kappa shape index (κ2) is 7.93. The van der Waals surface area contributed by atoms with Crippen molar-refractivity contribution in [1.82, 2.24) is 19.9 Å². The number of rotatable bonds is 7. The molecule has 1 fully saturated rings. The van der Waals surface area contributed by atoms with Crippen LogP contribution in [-0.4, -0.2) is 46.7 Å². The third kappa shape index (κ3) is 3.39. The maximum atomic E-state index is 12.2. The van der Waals surface area contributed by atoms with Crippen LogP contribution in [0.25, 0.3) is 16.9 Å². The first kappa shape index (κ1) is 20.5. The van der Waals surface area contributed by atoms with Crippen molar-refractivity contribution in [1.29, 1.82) is 0 Å². The highest BCUT2D eigenvalue weighted by Gasteiger charge is 2.49.